The molecule has 6 nitrogen and oxygen atoms in total. The first-order valence-corrected chi connectivity index (χ1v) is 7.51. The van der Waals surface area contributed by atoms with Crippen LogP contribution >= 0.6 is 0 Å². The maximum absolute atomic E-state index is 14.1. The van der Waals surface area contributed by atoms with Crippen LogP contribution in [0.3, 0.4) is 0 Å². The van der Waals surface area contributed by atoms with Crippen LogP contribution in [0.4, 0.5) is 16.0 Å². The average molecular weight is 315 g/mol. The summed E-state index contributed by atoms with van der Waals surface area (Å²) in [5.41, 5.74) is 0.231. The Morgan fingerprint density at radius 3 is 2.74 bits per heavy atom. The van der Waals surface area contributed by atoms with Crippen molar-refractivity contribution in [3.8, 4) is 0 Å². The predicted molar refractivity (Wildman–Crippen MR) is 84.7 cm³/mol. The van der Waals surface area contributed by atoms with Gasteiger partial charge in [-0.3, -0.25) is 9.78 Å². The number of hydrogen-bond donors (Lipinski definition) is 1. The third kappa shape index (κ3) is 2.99. The Labute approximate surface area is 133 Å². The van der Waals surface area contributed by atoms with Gasteiger partial charge < -0.3 is 10.2 Å². The van der Waals surface area contributed by atoms with Gasteiger partial charge in [0.25, 0.3) is 0 Å². The molecule has 1 amide bonds. The molecular weight excluding hydrogens is 297 g/mol. The van der Waals surface area contributed by atoms with Gasteiger partial charge in [0, 0.05) is 25.2 Å². The second-order valence-electron chi connectivity index (χ2n) is 5.81. The van der Waals surface area contributed by atoms with Crippen LogP contribution in [0.25, 0.3) is 0 Å². The van der Waals surface area contributed by atoms with E-state index in [9.17, 15) is 9.18 Å². The highest BCUT2D eigenvalue weighted by atomic mass is 19.1. The molecule has 0 unspecified atom stereocenters. The molecule has 0 atom stereocenters. The molecule has 1 aliphatic carbocycles. The Kier molecular flexibility index (Phi) is 4.18. The van der Waals surface area contributed by atoms with Crippen molar-refractivity contribution in [2.24, 2.45) is 0 Å². The van der Waals surface area contributed by atoms with Crippen molar-refractivity contribution >= 4 is 18.0 Å². The summed E-state index contributed by atoms with van der Waals surface area (Å²) in [5.74, 6) is 0.804. The molecule has 3 rings (SSSR count). The third-order valence-electron chi connectivity index (χ3n) is 4.35. The number of rotatable bonds is 6. The van der Waals surface area contributed by atoms with Crippen LogP contribution in [-0.4, -0.2) is 35.2 Å². The minimum absolute atomic E-state index is 0.261. The van der Waals surface area contributed by atoms with E-state index in [1.165, 1.54) is 11.0 Å². The number of carbonyl (C=O) groups is 1. The van der Waals surface area contributed by atoms with E-state index >= 15 is 0 Å². The van der Waals surface area contributed by atoms with Gasteiger partial charge in [0.15, 0.2) is 5.82 Å². The van der Waals surface area contributed by atoms with E-state index < -0.39 is 0 Å². The number of halogens is 1. The summed E-state index contributed by atoms with van der Waals surface area (Å²) in [7, 11) is 1.61. The van der Waals surface area contributed by atoms with E-state index in [4.69, 9.17) is 0 Å². The topological polar surface area (TPSA) is 71.0 Å². The highest BCUT2D eigenvalue weighted by Crippen LogP contribution is 2.43. The van der Waals surface area contributed by atoms with Gasteiger partial charge >= 0.3 is 0 Å². The standard InChI is InChI=1S/C16H18FN5O/c1-22(11-23)14-6-5-13(20-21-14)19-10-16(7-3-8-16)15-12(17)4-2-9-18-15/h2,4-6,9,11H,3,7-8,10H2,1H3,(H,19,20). The number of nitrogens with one attached hydrogen (secondary N) is 1. The minimum Gasteiger partial charge on any atom is -0.368 e. The molecule has 2 aromatic rings. The van der Waals surface area contributed by atoms with Gasteiger partial charge in [-0.05, 0) is 37.1 Å². The van der Waals surface area contributed by atoms with E-state index in [0.29, 0.717) is 30.3 Å². The second kappa shape index (κ2) is 6.28. The number of pyridine rings is 1. The zero-order valence-electron chi connectivity index (χ0n) is 12.9. The van der Waals surface area contributed by atoms with E-state index in [2.05, 4.69) is 20.5 Å². The molecule has 0 aromatic carbocycles. The Morgan fingerprint density at radius 2 is 2.17 bits per heavy atom. The molecule has 0 spiro atoms. The summed E-state index contributed by atoms with van der Waals surface area (Å²) in [5, 5.41) is 11.2. The number of carbonyl (C=O) groups excluding carboxylic acids is 1. The lowest BCUT2D eigenvalue weighted by Gasteiger charge is -2.41. The van der Waals surface area contributed by atoms with Crippen LogP contribution in [0.15, 0.2) is 30.5 Å². The maximum Gasteiger partial charge on any atom is 0.215 e. The smallest absolute Gasteiger partial charge is 0.215 e. The van der Waals surface area contributed by atoms with E-state index in [0.717, 1.165) is 19.3 Å². The average Bonchev–Trinajstić information content (AvgIpc) is 2.55. The number of hydrogen-bond acceptors (Lipinski definition) is 5. The summed E-state index contributed by atoms with van der Waals surface area (Å²) < 4.78 is 14.1. The van der Waals surface area contributed by atoms with Gasteiger partial charge in [-0.1, -0.05) is 6.42 Å². The van der Waals surface area contributed by atoms with E-state index in [1.807, 2.05) is 0 Å². The Morgan fingerprint density at radius 1 is 1.35 bits per heavy atom. The van der Waals surface area contributed by atoms with Crippen molar-refractivity contribution in [3.63, 3.8) is 0 Å². The molecule has 0 saturated heterocycles. The molecule has 0 aliphatic heterocycles. The Bertz CT molecular complexity index is 687. The molecular formula is C16H18FN5O. The van der Waals surface area contributed by atoms with Crippen LogP contribution in [0, 0.1) is 5.82 Å². The largest absolute Gasteiger partial charge is 0.368 e. The van der Waals surface area contributed by atoms with Gasteiger partial charge in [0.2, 0.25) is 6.41 Å². The number of nitrogens with zero attached hydrogens (tertiary/aromatic N) is 4. The second-order valence-corrected chi connectivity index (χ2v) is 5.81. The number of amides is 1. The fourth-order valence-electron chi connectivity index (χ4n) is 2.80. The lowest BCUT2D eigenvalue weighted by atomic mass is 9.66. The van der Waals surface area contributed by atoms with Crippen molar-refractivity contribution in [1.82, 2.24) is 15.2 Å². The summed E-state index contributed by atoms with van der Waals surface area (Å²) in [4.78, 5) is 16.3. The van der Waals surface area contributed by atoms with Gasteiger partial charge in [-0.2, -0.15) is 0 Å². The molecule has 0 bridgehead atoms. The first-order valence-electron chi connectivity index (χ1n) is 7.51. The normalized spacial score (nSPS) is 15.6. The van der Waals surface area contributed by atoms with Gasteiger partial charge in [-0.15, -0.1) is 10.2 Å². The monoisotopic (exact) mass is 315 g/mol. The SMILES string of the molecule is CN(C=O)c1ccc(NCC2(c3ncccc3F)CCC2)nn1. The van der Waals surface area contributed by atoms with Gasteiger partial charge in [-0.25, -0.2) is 4.39 Å². The highest BCUT2D eigenvalue weighted by Gasteiger charge is 2.41. The third-order valence-corrected chi connectivity index (χ3v) is 4.35. The lowest BCUT2D eigenvalue weighted by Crippen LogP contribution is -2.42. The first-order chi connectivity index (χ1) is 11.1. The molecule has 2 aromatic heterocycles. The van der Waals surface area contributed by atoms with Crippen molar-refractivity contribution in [2.45, 2.75) is 24.7 Å². The molecule has 120 valence electrons. The van der Waals surface area contributed by atoms with Crippen molar-refractivity contribution in [3.05, 3.63) is 42.0 Å². The molecule has 2 heterocycles. The molecule has 1 aliphatic rings. The molecule has 7 heteroatoms. The summed E-state index contributed by atoms with van der Waals surface area (Å²) in [6.07, 6.45) is 5.15. The molecule has 1 fully saturated rings. The van der Waals surface area contributed by atoms with Crippen molar-refractivity contribution < 1.29 is 9.18 Å². The minimum atomic E-state index is -0.286. The number of aromatic nitrogens is 3. The summed E-state index contributed by atoms with van der Waals surface area (Å²) in [6.45, 7) is 0.554. The van der Waals surface area contributed by atoms with Crippen LogP contribution < -0.4 is 10.2 Å². The highest BCUT2D eigenvalue weighted by molar-refractivity contribution is 5.71. The van der Waals surface area contributed by atoms with E-state index in [1.54, 1.807) is 31.4 Å². The number of anilines is 2. The van der Waals surface area contributed by atoms with Gasteiger partial charge in [0.1, 0.15) is 11.6 Å². The maximum atomic E-state index is 14.1. The molecule has 1 N–H and O–H groups in total. The summed E-state index contributed by atoms with van der Waals surface area (Å²) >= 11 is 0. The van der Waals surface area contributed by atoms with Crippen LogP contribution in [0.5, 0.6) is 0 Å². The first kappa shape index (κ1) is 15.3. The Balaban J connectivity index is 1.71. The fraction of sp³-hybridized carbons (Fsp3) is 0.375. The predicted octanol–water partition coefficient (Wildman–Crippen LogP) is 2.14. The Hall–Kier alpha value is -2.57. The van der Waals surface area contributed by atoms with E-state index in [-0.39, 0.29) is 11.2 Å². The van der Waals surface area contributed by atoms with Crippen LogP contribution in [-0.2, 0) is 10.2 Å². The quantitative estimate of drug-likeness (QED) is 0.827. The molecule has 1 saturated carbocycles. The van der Waals surface area contributed by atoms with Crippen molar-refractivity contribution in [1.29, 1.82) is 0 Å². The lowest BCUT2D eigenvalue weighted by molar-refractivity contribution is -0.107. The summed E-state index contributed by atoms with van der Waals surface area (Å²) in [6, 6.07) is 6.51. The van der Waals surface area contributed by atoms with Crippen LogP contribution in [0.1, 0.15) is 25.0 Å². The zero-order valence-corrected chi connectivity index (χ0v) is 12.9. The fourth-order valence-corrected chi connectivity index (χ4v) is 2.80. The zero-order chi connectivity index (χ0) is 16.3. The van der Waals surface area contributed by atoms with Crippen molar-refractivity contribution in [2.75, 3.05) is 23.8 Å². The van der Waals surface area contributed by atoms with Crippen LogP contribution in [0.2, 0.25) is 0 Å². The molecule has 23 heavy (non-hydrogen) atoms. The molecule has 0 radical (unpaired) electrons. The van der Waals surface area contributed by atoms with Gasteiger partial charge in [0.05, 0.1) is 5.69 Å².